The summed E-state index contributed by atoms with van der Waals surface area (Å²) in [5, 5.41) is 0. The van der Waals surface area contributed by atoms with Crippen LogP contribution < -0.4 is 0 Å². The first-order valence-electron chi connectivity index (χ1n) is 9.20. The van der Waals surface area contributed by atoms with Crippen LogP contribution in [0.15, 0.2) is 11.8 Å². The zero-order chi connectivity index (χ0) is 20.5. The Labute approximate surface area is 158 Å². The van der Waals surface area contributed by atoms with E-state index in [4.69, 9.17) is 0 Å². The van der Waals surface area contributed by atoms with E-state index in [2.05, 4.69) is 15.8 Å². The molecule has 2 aliphatic rings. The quantitative estimate of drug-likeness (QED) is 0.349. The first kappa shape index (κ1) is 22.0. The molecule has 2 aliphatic carbocycles. The second-order valence-corrected chi connectivity index (χ2v) is 9.35. The molecule has 0 aromatic carbocycles. The summed E-state index contributed by atoms with van der Waals surface area (Å²) in [6, 6.07) is 0. The van der Waals surface area contributed by atoms with Crippen LogP contribution in [-0.4, -0.2) is 27.0 Å². The van der Waals surface area contributed by atoms with E-state index in [0.717, 1.165) is 19.3 Å². The number of esters is 1. The highest BCUT2D eigenvalue weighted by Crippen LogP contribution is 2.59. The number of alkyl halides is 3. The van der Waals surface area contributed by atoms with Gasteiger partial charge in [0.25, 0.3) is 0 Å². The van der Waals surface area contributed by atoms with Crippen molar-refractivity contribution >= 4 is 16.1 Å². The number of allylic oxidation sites excluding steroid dienone is 2. The number of carbonyl (C=O) groups excluding carboxylic acids is 1. The predicted molar refractivity (Wildman–Crippen MR) is 92.7 cm³/mol. The minimum atomic E-state index is -5.65. The average molecular weight is 412 g/mol. The van der Waals surface area contributed by atoms with E-state index in [1.165, 1.54) is 13.2 Å². The Morgan fingerprint density at radius 3 is 2.63 bits per heavy atom. The van der Waals surface area contributed by atoms with Gasteiger partial charge in [-0.25, -0.2) is 0 Å². The minimum Gasteiger partial charge on any atom is -0.469 e. The molecule has 0 radical (unpaired) electrons. The lowest BCUT2D eigenvalue weighted by Gasteiger charge is -2.42. The Kier molecular flexibility index (Phi) is 6.54. The van der Waals surface area contributed by atoms with Gasteiger partial charge in [0.2, 0.25) is 0 Å². The lowest BCUT2D eigenvalue weighted by Crippen LogP contribution is -2.37. The van der Waals surface area contributed by atoms with E-state index >= 15 is 0 Å². The summed E-state index contributed by atoms with van der Waals surface area (Å²) in [6.45, 7) is 4.10. The summed E-state index contributed by atoms with van der Waals surface area (Å²) in [4.78, 5) is 11.3. The maximum Gasteiger partial charge on any atom is 0.534 e. The first-order chi connectivity index (χ1) is 12.4. The van der Waals surface area contributed by atoms with Crippen molar-refractivity contribution in [3.05, 3.63) is 11.8 Å². The van der Waals surface area contributed by atoms with Crippen molar-refractivity contribution in [1.82, 2.24) is 0 Å². The SMILES string of the molecule is COC(=O)CCC[C@@H](C)[C@H]1CC[C@H]2C(OS(=O)(=O)C(F)(F)F)=CCC[C@]12C. The maximum absolute atomic E-state index is 12.7. The highest BCUT2D eigenvalue weighted by atomic mass is 32.2. The lowest BCUT2D eigenvalue weighted by molar-refractivity contribution is -0.140. The number of hydrogen-bond donors (Lipinski definition) is 0. The molecule has 5 nitrogen and oxygen atoms in total. The standard InChI is InChI=1S/C18H27F3O5S/c1-12(6-4-8-16(22)25-3)13-9-10-14-15(7-5-11-17(13,14)2)26-27(23,24)18(19,20)21/h7,12-14H,4-6,8-11H2,1-3H3/t12-,13-,14+,17-/m1/s1. The Morgan fingerprint density at radius 2 is 2.04 bits per heavy atom. The van der Waals surface area contributed by atoms with Crippen molar-refractivity contribution in [2.75, 3.05) is 7.11 Å². The van der Waals surface area contributed by atoms with Gasteiger partial charge in [0, 0.05) is 12.3 Å². The van der Waals surface area contributed by atoms with Crippen LogP contribution in [0.2, 0.25) is 0 Å². The summed E-state index contributed by atoms with van der Waals surface area (Å²) < 4.78 is 70.1. The Morgan fingerprint density at radius 1 is 1.37 bits per heavy atom. The topological polar surface area (TPSA) is 69.7 Å². The summed E-state index contributed by atoms with van der Waals surface area (Å²) in [6.07, 6.45) is 5.99. The third kappa shape index (κ3) is 4.60. The Bertz CT molecular complexity index is 686. The van der Waals surface area contributed by atoms with Gasteiger partial charge in [-0.15, -0.1) is 0 Å². The molecule has 156 valence electrons. The molecule has 0 N–H and O–H groups in total. The van der Waals surface area contributed by atoms with Gasteiger partial charge in [-0.05, 0) is 61.9 Å². The van der Waals surface area contributed by atoms with Crippen LogP contribution in [0.25, 0.3) is 0 Å². The fourth-order valence-corrected chi connectivity index (χ4v) is 5.36. The molecule has 4 atom stereocenters. The van der Waals surface area contributed by atoms with Gasteiger partial charge in [-0.1, -0.05) is 13.8 Å². The number of rotatable bonds is 7. The van der Waals surface area contributed by atoms with Crippen molar-refractivity contribution in [3.8, 4) is 0 Å². The fourth-order valence-electron chi connectivity index (χ4n) is 4.83. The number of ether oxygens (including phenoxy) is 1. The Hall–Kier alpha value is -1.25. The third-order valence-electron chi connectivity index (χ3n) is 6.23. The average Bonchev–Trinajstić information content (AvgIpc) is 2.91. The Balaban J connectivity index is 2.08. The predicted octanol–water partition coefficient (Wildman–Crippen LogP) is 4.54. The molecule has 1 saturated carbocycles. The lowest BCUT2D eigenvalue weighted by atomic mass is 9.63. The smallest absolute Gasteiger partial charge is 0.469 e. The zero-order valence-corrected chi connectivity index (χ0v) is 16.7. The van der Waals surface area contributed by atoms with E-state index < -0.39 is 15.6 Å². The molecule has 9 heteroatoms. The summed E-state index contributed by atoms with van der Waals surface area (Å²) >= 11 is 0. The van der Waals surface area contributed by atoms with Crippen LogP contribution >= 0.6 is 0 Å². The molecule has 0 unspecified atom stereocenters. The highest BCUT2D eigenvalue weighted by molar-refractivity contribution is 7.87. The van der Waals surface area contributed by atoms with E-state index in [-0.39, 0.29) is 34.9 Å². The molecular formula is C18H27F3O5S. The highest BCUT2D eigenvalue weighted by Gasteiger charge is 2.54. The number of carbonyl (C=O) groups is 1. The number of methoxy groups -OCH3 is 1. The summed E-state index contributed by atoms with van der Waals surface area (Å²) in [5.41, 5.74) is -5.74. The van der Waals surface area contributed by atoms with Crippen molar-refractivity contribution in [2.24, 2.45) is 23.2 Å². The van der Waals surface area contributed by atoms with Gasteiger partial charge in [0.05, 0.1) is 7.11 Å². The van der Waals surface area contributed by atoms with Gasteiger partial charge in [0.15, 0.2) is 0 Å². The van der Waals surface area contributed by atoms with Gasteiger partial charge >= 0.3 is 21.6 Å². The van der Waals surface area contributed by atoms with Gasteiger partial charge in [-0.3, -0.25) is 4.79 Å². The van der Waals surface area contributed by atoms with Crippen molar-refractivity contribution in [2.45, 2.75) is 64.3 Å². The molecule has 0 aromatic rings. The monoisotopic (exact) mass is 412 g/mol. The van der Waals surface area contributed by atoms with Crippen LogP contribution in [0.3, 0.4) is 0 Å². The second-order valence-electron chi connectivity index (χ2n) is 7.82. The zero-order valence-electron chi connectivity index (χ0n) is 15.8. The largest absolute Gasteiger partial charge is 0.534 e. The number of hydrogen-bond acceptors (Lipinski definition) is 5. The molecule has 0 bridgehead atoms. The van der Waals surface area contributed by atoms with Crippen LogP contribution in [-0.2, 0) is 23.8 Å². The van der Waals surface area contributed by atoms with E-state index in [9.17, 15) is 26.4 Å². The molecule has 2 rings (SSSR count). The molecule has 0 aromatic heterocycles. The molecular weight excluding hydrogens is 385 g/mol. The van der Waals surface area contributed by atoms with Crippen LogP contribution in [0.1, 0.15) is 58.8 Å². The maximum atomic E-state index is 12.7. The normalized spacial score (nSPS) is 29.6. The molecule has 1 fully saturated rings. The first-order valence-corrected chi connectivity index (χ1v) is 10.6. The van der Waals surface area contributed by atoms with E-state index in [0.29, 0.717) is 25.7 Å². The summed E-state index contributed by atoms with van der Waals surface area (Å²) in [7, 11) is -4.30. The fraction of sp³-hybridized carbons (Fsp3) is 0.833. The van der Waals surface area contributed by atoms with E-state index in [1.54, 1.807) is 0 Å². The van der Waals surface area contributed by atoms with Gasteiger partial charge in [-0.2, -0.15) is 21.6 Å². The molecule has 0 saturated heterocycles. The summed E-state index contributed by atoms with van der Waals surface area (Å²) in [5.74, 6) is -0.155. The number of fused-ring (bicyclic) bond motifs is 1. The van der Waals surface area contributed by atoms with Crippen LogP contribution in [0.5, 0.6) is 0 Å². The van der Waals surface area contributed by atoms with Crippen molar-refractivity contribution < 1.29 is 35.3 Å². The van der Waals surface area contributed by atoms with E-state index in [1.807, 2.05) is 6.92 Å². The van der Waals surface area contributed by atoms with Crippen molar-refractivity contribution in [3.63, 3.8) is 0 Å². The van der Waals surface area contributed by atoms with Gasteiger partial charge in [0.1, 0.15) is 5.76 Å². The molecule has 0 heterocycles. The molecule has 0 spiro atoms. The van der Waals surface area contributed by atoms with Crippen LogP contribution in [0, 0.1) is 23.2 Å². The second kappa shape index (κ2) is 8.01. The van der Waals surface area contributed by atoms with Crippen LogP contribution in [0.4, 0.5) is 13.2 Å². The van der Waals surface area contributed by atoms with Crippen molar-refractivity contribution in [1.29, 1.82) is 0 Å². The molecule has 27 heavy (non-hydrogen) atoms. The number of halogens is 3. The molecule has 0 amide bonds. The third-order valence-corrected chi connectivity index (χ3v) is 7.20. The van der Waals surface area contributed by atoms with Gasteiger partial charge < -0.3 is 8.92 Å². The minimum absolute atomic E-state index is 0.0645. The molecule has 0 aliphatic heterocycles.